The van der Waals surface area contributed by atoms with Crippen molar-refractivity contribution in [2.24, 2.45) is 13.0 Å². The average Bonchev–Trinajstić information content (AvgIpc) is 2.95. The van der Waals surface area contributed by atoms with E-state index in [1.807, 2.05) is 22.7 Å². The van der Waals surface area contributed by atoms with Gasteiger partial charge in [0.2, 0.25) is 5.91 Å². The lowest BCUT2D eigenvalue weighted by atomic mass is 10.0. The van der Waals surface area contributed by atoms with Gasteiger partial charge in [-0.1, -0.05) is 0 Å². The molecule has 1 atom stereocenters. The van der Waals surface area contributed by atoms with Crippen LogP contribution in [0.25, 0.3) is 0 Å². The lowest BCUT2D eigenvalue weighted by Crippen LogP contribution is -2.35. The Hall–Kier alpha value is -1.36. The Bertz CT molecular complexity index is 446. The Morgan fingerprint density at radius 1 is 1.53 bits per heavy atom. The van der Waals surface area contributed by atoms with Crippen LogP contribution in [0.5, 0.6) is 0 Å². The predicted molar refractivity (Wildman–Crippen MR) is 72.4 cm³/mol. The van der Waals surface area contributed by atoms with Gasteiger partial charge in [0.25, 0.3) is 0 Å². The van der Waals surface area contributed by atoms with Crippen molar-refractivity contribution in [3.05, 3.63) is 18.2 Å². The summed E-state index contributed by atoms with van der Waals surface area (Å²) in [4.78, 5) is 18.9. The molecule has 1 aliphatic carbocycles. The number of imidazole rings is 1. The topological polar surface area (TPSA) is 50.2 Å². The van der Waals surface area contributed by atoms with E-state index in [-0.39, 0.29) is 0 Å². The Balaban J connectivity index is 1.63. The molecule has 104 valence electrons. The molecule has 0 bridgehead atoms. The quantitative estimate of drug-likeness (QED) is 0.858. The summed E-state index contributed by atoms with van der Waals surface area (Å²) in [6, 6.07) is 0.457. The maximum atomic E-state index is 12.5. The highest BCUT2D eigenvalue weighted by atomic mass is 16.2. The molecular formula is C14H22N4O. The standard InChI is InChI=1S/C14H22N4O/c1-17-7-6-16-13(17)10-18(12-2-3-12)14(19)8-11-4-5-15-9-11/h6-7,11-12,15H,2-5,8-10H2,1H3. The second-order valence-corrected chi connectivity index (χ2v) is 5.77. The molecule has 1 aromatic rings. The number of rotatable bonds is 5. The summed E-state index contributed by atoms with van der Waals surface area (Å²) in [5, 5.41) is 3.33. The van der Waals surface area contributed by atoms with E-state index >= 15 is 0 Å². The molecule has 0 radical (unpaired) electrons. The Labute approximate surface area is 114 Å². The van der Waals surface area contributed by atoms with Gasteiger partial charge >= 0.3 is 0 Å². The molecule has 5 nitrogen and oxygen atoms in total. The molecule has 0 aromatic carbocycles. The number of hydrogen-bond donors (Lipinski definition) is 1. The summed E-state index contributed by atoms with van der Waals surface area (Å²) in [5.74, 6) is 1.80. The zero-order chi connectivity index (χ0) is 13.2. The van der Waals surface area contributed by atoms with E-state index in [4.69, 9.17) is 0 Å². The van der Waals surface area contributed by atoms with Gasteiger partial charge in [-0.25, -0.2) is 4.98 Å². The van der Waals surface area contributed by atoms with E-state index in [0.29, 0.717) is 30.8 Å². The Morgan fingerprint density at radius 3 is 2.95 bits per heavy atom. The number of amides is 1. The smallest absolute Gasteiger partial charge is 0.223 e. The second kappa shape index (κ2) is 5.33. The predicted octanol–water partition coefficient (Wildman–Crippen LogP) is 0.911. The van der Waals surface area contributed by atoms with Crippen molar-refractivity contribution in [3.63, 3.8) is 0 Å². The van der Waals surface area contributed by atoms with Crippen LogP contribution in [0.3, 0.4) is 0 Å². The van der Waals surface area contributed by atoms with E-state index in [2.05, 4.69) is 10.3 Å². The van der Waals surface area contributed by atoms with Crippen LogP contribution in [0, 0.1) is 5.92 Å². The number of aromatic nitrogens is 2. The molecule has 1 saturated carbocycles. The number of nitrogens with zero attached hydrogens (tertiary/aromatic N) is 3. The molecule has 3 rings (SSSR count). The average molecular weight is 262 g/mol. The van der Waals surface area contributed by atoms with Gasteiger partial charge in [-0.05, 0) is 38.3 Å². The summed E-state index contributed by atoms with van der Waals surface area (Å²) in [7, 11) is 1.98. The van der Waals surface area contributed by atoms with Crippen molar-refractivity contribution in [2.75, 3.05) is 13.1 Å². The fourth-order valence-electron chi connectivity index (χ4n) is 2.76. The third kappa shape index (κ3) is 2.97. The molecular weight excluding hydrogens is 240 g/mol. The largest absolute Gasteiger partial charge is 0.337 e. The fourth-order valence-corrected chi connectivity index (χ4v) is 2.76. The summed E-state index contributed by atoms with van der Waals surface area (Å²) in [6.07, 6.45) is 7.86. The van der Waals surface area contributed by atoms with Crippen molar-refractivity contribution in [1.29, 1.82) is 0 Å². The van der Waals surface area contributed by atoms with Gasteiger partial charge in [-0.15, -0.1) is 0 Å². The van der Waals surface area contributed by atoms with Crippen LogP contribution in [-0.4, -0.2) is 39.5 Å². The van der Waals surface area contributed by atoms with Gasteiger partial charge < -0.3 is 14.8 Å². The van der Waals surface area contributed by atoms with Crippen LogP contribution in [0.4, 0.5) is 0 Å². The first-order chi connectivity index (χ1) is 9.24. The summed E-state index contributed by atoms with van der Waals surface area (Å²) in [5.41, 5.74) is 0. The molecule has 1 aromatic heterocycles. The number of nitrogens with one attached hydrogen (secondary N) is 1. The highest BCUT2D eigenvalue weighted by Crippen LogP contribution is 2.29. The lowest BCUT2D eigenvalue weighted by Gasteiger charge is -2.23. The minimum atomic E-state index is 0.305. The Kier molecular flexibility index (Phi) is 3.55. The number of carbonyl (C=O) groups is 1. The van der Waals surface area contributed by atoms with Gasteiger partial charge in [0.1, 0.15) is 5.82 Å². The maximum Gasteiger partial charge on any atom is 0.223 e. The molecule has 1 saturated heterocycles. The van der Waals surface area contributed by atoms with Crippen LogP contribution < -0.4 is 5.32 Å². The third-order valence-corrected chi connectivity index (χ3v) is 4.17. The molecule has 1 amide bonds. The Morgan fingerprint density at radius 2 is 2.37 bits per heavy atom. The van der Waals surface area contributed by atoms with Gasteiger partial charge in [0.05, 0.1) is 6.54 Å². The normalized spacial score (nSPS) is 22.7. The first-order valence-corrected chi connectivity index (χ1v) is 7.20. The maximum absolute atomic E-state index is 12.5. The van der Waals surface area contributed by atoms with Gasteiger partial charge in [-0.2, -0.15) is 0 Å². The van der Waals surface area contributed by atoms with Crippen LogP contribution in [0.15, 0.2) is 12.4 Å². The van der Waals surface area contributed by atoms with Crippen molar-refractivity contribution in [2.45, 2.75) is 38.3 Å². The van der Waals surface area contributed by atoms with E-state index in [1.165, 1.54) is 0 Å². The molecule has 2 heterocycles. The molecule has 5 heteroatoms. The minimum Gasteiger partial charge on any atom is -0.337 e. The van der Waals surface area contributed by atoms with Crippen LogP contribution in [-0.2, 0) is 18.4 Å². The zero-order valence-electron chi connectivity index (χ0n) is 11.5. The van der Waals surface area contributed by atoms with E-state index in [0.717, 1.165) is 38.2 Å². The van der Waals surface area contributed by atoms with Crippen molar-refractivity contribution >= 4 is 5.91 Å². The third-order valence-electron chi connectivity index (χ3n) is 4.17. The molecule has 2 fully saturated rings. The van der Waals surface area contributed by atoms with Crippen molar-refractivity contribution in [1.82, 2.24) is 19.8 Å². The first kappa shape index (κ1) is 12.7. The molecule has 0 spiro atoms. The fraction of sp³-hybridized carbons (Fsp3) is 0.714. The number of carbonyl (C=O) groups excluding carboxylic acids is 1. The number of aryl methyl sites for hydroxylation is 1. The van der Waals surface area contributed by atoms with E-state index in [1.54, 1.807) is 6.20 Å². The molecule has 19 heavy (non-hydrogen) atoms. The second-order valence-electron chi connectivity index (χ2n) is 5.77. The first-order valence-electron chi connectivity index (χ1n) is 7.20. The monoisotopic (exact) mass is 262 g/mol. The number of hydrogen-bond acceptors (Lipinski definition) is 3. The zero-order valence-corrected chi connectivity index (χ0v) is 11.5. The lowest BCUT2D eigenvalue weighted by molar-refractivity contribution is -0.133. The molecule has 2 aliphatic rings. The molecule has 1 N–H and O–H groups in total. The van der Waals surface area contributed by atoms with Crippen LogP contribution in [0.1, 0.15) is 31.5 Å². The minimum absolute atomic E-state index is 0.305. The van der Waals surface area contributed by atoms with E-state index < -0.39 is 0 Å². The SMILES string of the molecule is Cn1ccnc1CN(C(=O)CC1CCNC1)C1CC1. The summed E-state index contributed by atoms with van der Waals surface area (Å²) >= 11 is 0. The van der Waals surface area contributed by atoms with Gasteiger partial charge in [0.15, 0.2) is 0 Å². The highest BCUT2D eigenvalue weighted by molar-refractivity contribution is 5.77. The van der Waals surface area contributed by atoms with Crippen LogP contribution >= 0.6 is 0 Å². The van der Waals surface area contributed by atoms with E-state index in [9.17, 15) is 4.79 Å². The van der Waals surface area contributed by atoms with Crippen molar-refractivity contribution in [3.8, 4) is 0 Å². The van der Waals surface area contributed by atoms with Gasteiger partial charge in [-0.3, -0.25) is 4.79 Å². The molecule has 1 unspecified atom stereocenters. The summed E-state index contributed by atoms with van der Waals surface area (Å²) < 4.78 is 2.00. The van der Waals surface area contributed by atoms with Crippen molar-refractivity contribution < 1.29 is 4.79 Å². The highest BCUT2D eigenvalue weighted by Gasteiger charge is 2.34. The molecule has 1 aliphatic heterocycles. The van der Waals surface area contributed by atoms with Crippen LogP contribution in [0.2, 0.25) is 0 Å². The summed E-state index contributed by atoms with van der Waals surface area (Å²) in [6.45, 7) is 2.71. The van der Waals surface area contributed by atoms with Gasteiger partial charge in [0, 0.05) is 31.9 Å².